The van der Waals surface area contributed by atoms with E-state index in [1.165, 1.54) is 0 Å². The first-order chi connectivity index (χ1) is 9.06. The SMILES string of the molecule is CCCn1cccc1C(=O)NCCCC(C)C(=O)O. The van der Waals surface area contributed by atoms with Crippen molar-refractivity contribution >= 4 is 11.9 Å². The Balaban J connectivity index is 2.35. The Hall–Kier alpha value is -1.78. The number of aryl methyl sites for hydroxylation is 1. The van der Waals surface area contributed by atoms with E-state index in [4.69, 9.17) is 5.11 Å². The molecule has 106 valence electrons. The highest BCUT2D eigenvalue weighted by Crippen LogP contribution is 2.06. The number of aliphatic carboxylic acids is 1. The molecule has 1 aromatic heterocycles. The summed E-state index contributed by atoms with van der Waals surface area (Å²) in [7, 11) is 0. The van der Waals surface area contributed by atoms with Gasteiger partial charge >= 0.3 is 5.97 Å². The molecule has 1 aromatic rings. The van der Waals surface area contributed by atoms with Crippen LogP contribution in [-0.2, 0) is 11.3 Å². The lowest BCUT2D eigenvalue weighted by molar-refractivity contribution is -0.141. The Morgan fingerprint density at radius 3 is 2.84 bits per heavy atom. The second-order valence-corrected chi connectivity index (χ2v) is 4.72. The van der Waals surface area contributed by atoms with Gasteiger partial charge in [0.25, 0.3) is 5.91 Å². The highest BCUT2D eigenvalue weighted by Gasteiger charge is 2.12. The van der Waals surface area contributed by atoms with Gasteiger partial charge in [0.05, 0.1) is 5.92 Å². The van der Waals surface area contributed by atoms with Gasteiger partial charge in [-0.3, -0.25) is 9.59 Å². The first kappa shape index (κ1) is 15.3. The first-order valence-corrected chi connectivity index (χ1v) is 6.72. The first-order valence-electron chi connectivity index (χ1n) is 6.72. The minimum absolute atomic E-state index is 0.0959. The van der Waals surface area contributed by atoms with Gasteiger partial charge in [0.1, 0.15) is 5.69 Å². The molecule has 0 bridgehead atoms. The molecule has 5 nitrogen and oxygen atoms in total. The van der Waals surface area contributed by atoms with Crippen LogP contribution in [0.5, 0.6) is 0 Å². The zero-order chi connectivity index (χ0) is 14.3. The van der Waals surface area contributed by atoms with Gasteiger partial charge in [-0.1, -0.05) is 13.8 Å². The maximum atomic E-state index is 11.9. The van der Waals surface area contributed by atoms with Crippen LogP contribution in [0.25, 0.3) is 0 Å². The van der Waals surface area contributed by atoms with Crippen LogP contribution in [0.15, 0.2) is 18.3 Å². The molecule has 1 rings (SSSR count). The van der Waals surface area contributed by atoms with Gasteiger partial charge in [-0.15, -0.1) is 0 Å². The van der Waals surface area contributed by atoms with Gasteiger partial charge in [0, 0.05) is 19.3 Å². The zero-order valence-corrected chi connectivity index (χ0v) is 11.6. The van der Waals surface area contributed by atoms with Crippen molar-refractivity contribution in [2.45, 2.75) is 39.7 Å². The number of carboxylic acids is 1. The summed E-state index contributed by atoms with van der Waals surface area (Å²) in [6.07, 6.45) is 4.12. The molecule has 19 heavy (non-hydrogen) atoms. The molecular weight excluding hydrogens is 244 g/mol. The third-order valence-electron chi connectivity index (χ3n) is 3.05. The van der Waals surface area contributed by atoms with Gasteiger partial charge < -0.3 is 15.0 Å². The van der Waals surface area contributed by atoms with Crippen LogP contribution >= 0.6 is 0 Å². The van der Waals surface area contributed by atoms with Gasteiger partial charge in [0.2, 0.25) is 0 Å². The summed E-state index contributed by atoms with van der Waals surface area (Å²) in [5.41, 5.74) is 0.660. The Labute approximate surface area is 113 Å². The summed E-state index contributed by atoms with van der Waals surface area (Å²) in [4.78, 5) is 22.6. The second kappa shape index (κ2) is 7.61. The Bertz CT molecular complexity index is 426. The standard InChI is InChI=1S/C14H22N2O3/c1-3-9-16-10-5-7-12(16)13(17)15-8-4-6-11(2)14(18)19/h5,7,10-11H,3-4,6,8-9H2,1-2H3,(H,15,17)(H,18,19). The number of nitrogens with zero attached hydrogens (tertiary/aromatic N) is 1. The van der Waals surface area contributed by atoms with E-state index in [1.807, 2.05) is 16.8 Å². The number of nitrogens with one attached hydrogen (secondary N) is 1. The fourth-order valence-corrected chi connectivity index (χ4v) is 1.88. The van der Waals surface area contributed by atoms with Crippen molar-refractivity contribution < 1.29 is 14.7 Å². The molecule has 1 amide bonds. The minimum Gasteiger partial charge on any atom is -0.481 e. The molecule has 0 aliphatic carbocycles. The van der Waals surface area contributed by atoms with Gasteiger partial charge in [0.15, 0.2) is 0 Å². The number of amides is 1. The number of carbonyl (C=O) groups is 2. The number of hydrogen-bond acceptors (Lipinski definition) is 2. The van der Waals surface area contributed by atoms with Crippen LogP contribution in [0.3, 0.4) is 0 Å². The molecule has 5 heteroatoms. The quantitative estimate of drug-likeness (QED) is 0.708. The molecule has 0 radical (unpaired) electrons. The molecule has 0 saturated carbocycles. The van der Waals surface area contributed by atoms with E-state index >= 15 is 0 Å². The zero-order valence-electron chi connectivity index (χ0n) is 11.6. The van der Waals surface area contributed by atoms with Crippen molar-refractivity contribution in [1.82, 2.24) is 9.88 Å². The van der Waals surface area contributed by atoms with Gasteiger partial charge in [-0.05, 0) is 31.4 Å². The lowest BCUT2D eigenvalue weighted by Gasteiger charge is -2.09. The third-order valence-corrected chi connectivity index (χ3v) is 3.05. The van der Waals surface area contributed by atoms with Gasteiger partial charge in [-0.25, -0.2) is 0 Å². The van der Waals surface area contributed by atoms with Crippen molar-refractivity contribution in [2.24, 2.45) is 5.92 Å². The largest absolute Gasteiger partial charge is 0.481 e. The number of aromatic nitrogens is 1. The fraction of sp³-hybridized carbons (Fsp3) is 0.571. The molecule has 2 N–H and O–H groups in total. The fourth-order valence-electron chi connectivity index (χ4n) is 1.88. The summed E-state index contributed by atoms with van der Waals surface area (Å²) < 4.78 is 1.93. The molecule has 0 saturated heterocycles. The van der Waals surface area contributed by atoms with Crippen LogP contribution in [0.2, 0.25) is 0 Å². The summed E-state index contributed by atoms with van der Waals surface area (Å²) in [5, 5.41) is 11.6. The predicted octanol–water partition coefficient (Wildman–Crippen LogP) is 2.13. The monoisotopic (exact) mass is 266 g/mol. The minimum atomic E-state index is -0.789. The van der Waals surface area contributed by atoms with E-state index in [0.29, 0.717) is 25.1 Å². The van der Waals surface area contributed by atoms with Crippen molar-refractivity contribution in [3.05, 3.63) is 24.0 Å². The average molecular weight is 266 g/mol. The highest BCUT2D eigenvalue weighted by molar-refractivity contribution is 5.92. The molecule has 0 fully saturated rings. The summed E-state index contributed by atoms with van der Waals surface area (Å²) in [5.74, 6) is -1.24. The Morgan fingerprint density at radius 2 is 2.21 bits per heavy atom. The number of carbonyl (C=O) groups excluding carboxylic acids is 1. The molecule has 1 heterocycles. The van der Waals surface area contributed by atoms with E-state index in [1.54, 1.807) is 13.0 Å². The van der Waals surface area contributed by atoms with Crippen LogP contribution in [0, 0.1) is 5.92 Å². The van der Waals surface area contributed by atoms with Gasteiger partial charge in [-0.2, -0.15) is 0 Å². The van der Waals surface area contributed by atoms with E-state index in [0.717, 1.165) is 13.0 Å². The van der Waals surface area contributed by atoms with E-state index in [9.17, 15) is 9.59 Å². The molecule has 0 spiro atoms. The molecule has 1 unspecified atom stereocenters. The molecule has 0 aromatic carbocycles. The van der Waals surface area contributed by atoms with E-state index in [-0.39, 0.29) is 11.8 Å². The summed E-state index contributed by atoms with van der Waals surface area (Å²) in [6, 6.07) is 3.65. The van der Waals surface area contributed by atoms with Crippen molar-refractivity contribution in [3.8, 4) is 0 Å². The number of rotatable bonds is 8. The summed E-state index contributed by atoms with van der Waals surface area (Å²) in [6.45, 7) is 5.07. The number of carboxylic acid groups (broad SMARTS) is 1. The van der Waals surface area contributed by atoms with Crippen molar-refractivity contribution in [3.63, 3.8) is 0 Å². The number of hydrogen-bond donors (Lipinski definition) is 2. The van der Waals surface area contributed by atoms with E-state index in [2.05, 4.69) is 12.2 Å². The Kier molecular flexibility index (Phi) is 6.12. The van der Waals surface area contributed by atoms with Crippen LogP contribution in [0.1, 0.15) is 43.6 Å². The van der Waals surface area contributed by atoms with Crippen molar-refractivity contribution in [1.29, 1.82) is 0 Å². The summed E-state index contributed by atoms with van der Waals surface area (Å²) >= 11 is 0. The lowest BCUT2D eigenvalue weighted by Crippen LogP contribution is -2.27. The van der Waals surface area contributed by atoms with Crippen LogP contribution in [0.4, 0.5) is 0 Å². The van der Waals surface area contributed by atoms with Crippen LogP contribution in [-0.4, -0.2) is 28.1 Å². The lowest BCUT2D eigenvalue weighted by atomic mass is 10.1. The maximum absolute atomic E-state index is 11.9. The average Bonchev–Trinajstić information content (AvgIpc) is 2.82. The maximum Gasteiger partial charge on any atom is 0.306 e. The van der Waals surface area contributed by atoms with Crippen LogP contribution < -0.4 is 5.32 Å². The predicted molar refractivity (Wildman–Crippen MR) is 73.1 cm³/mol. The second-order valence-electron chi connectivity index (χ2n) is 4.72. The smallest absolute Gasteiger partial charge is 0.306 e. The molecule has 0 aliphatic heterocycles. The molecule has 0 aliphatic rings. The third kappa shape index (κ3) is 4.77. The molecular formula is C14H22N2O3. The van der Waals surface area contributed by atoms with Crippen molar-refractivity contribution in [2.75, 3.05) is 6.54 Å². The Morgan fingerprint density at radius 1 is 1.47 bits per heavy atom. The molecule has 1 atom stereocenters. The normalized spacial score (nSPS) is 12.1. The van der Waals surface area contributed by atoms with E-state index < -0.39 is 5.97 Å². The highest BCUT2D eigenvalue weighted by atomic mass is 16.4. The topological polar surface area (TPSA) is 71.3 Å².